The molecule has 0 amide bonds. The van der Waals surface area contributed by atoms with Crippen LogP contribution >= 0.6 is 0 Å². The number of nitrogens with two attached hydrogens (primary N) is 1. The average molecular weight is 362 g/mol. The maximum absolute atomic E-state index is 9.62. The standard InChI is InChI=1S/C20H22N6O/c1-3-13-8-14-10-17(20-23-12(2)25-27-20)19(24-18(14)15(9-13)11-21)26-6-4-16(22)5-7-26/h8-10,16H,3-7,22H2,1-2H3. The molecule has 0 atom stereocenters. The molecular weight excluding hydrogens is 340 g/mol. The summed E-state index contributed by atoms with van der Waals surface area (Å²) in [5.74, 6) is 1.81. The van der Waals surface area contributed by atoms with E-state index in [9.17, 15) is 5.26 Å². The normalized spacial score (nSPS) is 15.3. The number of benzene rings is 1. The lowest BCUT2D eigenvalue weighted by Crippen LogP contribution is -2.40. The number of anilines is 1. The van der Waals surface area contributed by atoms with Gasteiger partial charge in [0.2, 0.25) is 0 Å². The summed E-state index contributed by atoms with van der Waals surface area (Å²) in [6, 6.07) is 8.52. The molecule has 7 nitrogen and oxygen atoms in total. The highest BCUT2D eigenvalue weighted by Crippen LogP contribution is 2.34. The fourth-order valence-electron chi connectivity index (χ4n) is 3.55. The van der Waals surface area contributed by atoms with Gasteiger partial charge in [0, 0.05) is 24.5 Å². The number of aryl methyl sites for hydroxylation is 2. The minimum atomic E-state index is 0.220. The number of hydrogen-bond donors (Lipinski definition) is 1. The Kier molecular flexibility index (Phi) is 4.50. The Morgan fingerprint density at radius 2 is 2.04 bits per heavy atom. The van der Waals surface area contributed by atoms with Crippen molar-refractivity contribution in [1.29, 1.82) is 5.26 Å². The summed E-state index contributed by atoms with van der Waals surface area (Å²) < 4.78 is 5.45. The van der Waals surface area contributed by atoms with E-state index < -0.39 is 0 Å². The van der Waals surface area contributed by atoms with Crippen molar-refractivity contribution >= 4 is 16.7 Å². The summed E-state index contributed by atoms with van der Waals surface area (Å²) in [5, 5.41) is 14.5. The van der Waals surface area contributed by atoms with E-state index in [4.69, 9.17) is 15.2 Å². The van der Waals surface area contributed by atoms with E-state index in [1.807, 2.05) is 12.1 Å². The van der Waals surface area contributed by atoms with Crippen LogP contribution in [0, 0.1) is 18.3 Å². The lowest BCUT2D eigenvalue weighted by molar-refractivity contribution is 0.425. The topological polar surface area (TPSA) is 105 Å². The Bertz CT molecular complexity index is 1030. The van der Waals surface area contributed by atoms with Gasteiger partial charge in [0.1, 0.15) is 11.9 Å². The first-order chi connectivity index (χ1) is 13.1. The number of hydrogen-bond acceptors (Lipinski definition) is 7. The van der Waals surface area contributed by atoms with Crippen LogP contribution in [0.4, 0.5) is 5.82 Å². The van der Waals surface area contributed by atoms with Gasteiger partial charge in [-0.25, -0.2) is 4.98 Å². The fraction of sp³-hybridized carbons (Fsp3) is 0.400. The number of fused-ring (bicyclic) bond motifs is 1. The Balaban J connectivity index is 1.94. The number of pyridine rings is 1. The van der Waals surface area contributed by atoms with Crippen LogP contribution in [0.2, 0.25) is 0 Å². The van der Waals surface area contributed by atoms with Crippen LogP contribution in [0.15, 0.2) is 22.7 Å². The van der Waals surface area contributed by atoms with E-state index in [1.54, 1.807) is 6.92 Å². The van der Waals surface area contributed by atoms with Crippen molar-refractivity contribution in [2.24, 2.45) is 5.73 Å². The van der Waals surface area contributed by atoms with Gasteiger partial charge >= 0.3 is 0 Å². The Morgan fingerprint density at radius 1 is 1.26 bits per heavy atom. The predicted octanol–water partition coefficient (Wildman–Crippen LogP) is 2.95. The first kappa shape index (κ1) is 17.4. The second-order valence-corrected chi connectivity index (χ2v) is 7.01. The summed E-state index contributed by atoms with van der Waals surface area (Å²) in [6.45, 7) is 5.50. The van der Waals surface area contributed by atoms with Crippen LogP contribution in [-0.4, -0.2) is 34.3 Å². The van der Waals surface area contributed by atoms with Crippen LogP contribution in [0.25, 0.3) is 22.4 Å². The molecule has 138 valence electrons. The minimum Gasteiger partial charge on any atom is -0.356 e. The van der Waals surface area contributed by atoms with Crippen molar-refractivity contribution in [1.82, 2.24) is 15.1 Å². The molecule has 1 aromatic carbocycles. The Labute approximate surface area is 157 Å². The highest BCUT2D eigenvalue weighted by molar-refractivity contribution is 5.91. The highest BCUT2D eigenvalue weighted by atomic mass is 16.5. The summed E-state index contributed by atoms with van der Waals surface area (Å²) in [5.41, 5.74) is 9.27. The summed E-state index contributed by atoms with van der Waals surface area (Å²) in [4.78, 5) is 11.5. The molecule has 1 aliphatic heterocycles. The third-order valence-corrected chi connectivity index (χ3v) is 5.08. The Morgan fingerprint density at radius 3 is 2.67 bits per heavy atom. The molecule has 0 radical (unpaired) electrons. The second-order valence-electron chi connectivity index (χ2n) is 7.01. The summed E-state index contributed by atoms with van der Waals surface area (Å²) >= 11 is 0. The molecule has 0 bridgehead atoms. The van der Waals surface area contributed by atoms with Gasteiger partial charge in [0.15, 0.2) is 5.82 Å². The average Bonchev–Trinajstić information content (AvgIpc) is 3.13. The van der Waals surface area contributed by atoms with E-state index in [0.29, 0.717) is 22.8 Å². The smallest absolute Gasteiger partial charge is 0.261 e. The van der Waals surface area contributed by atoms with Gasteiger partial charge in [0.05, 0.1) is 16.6 Å². The molecule has 0 unspecified atom stereocenters. The molecule has 1 fully saturated rings. The van der Waals surface area contributed by atoms with Crippen molar-refractivity contribution in [2.45, 2.75) is 39.2 Å². The first-order valence-electron chi connectivity index (χ1n) is 9.28. The number of aromatic nitrogens is 3. The van der Waals surface area contributed by atoms with Gasteiger partial charge in [-0.3, -0.25) is 0 Å². The highest BCUT2D eigenvalue weighted by Gasteiger charge is 2.24. The molecule has 2 aromatic heterocycles. The maximum atomic E-state index is 9.62. The van der Waals surface area contributed by atoms with Crippen molar-refractivity contribution in [3.05, 3.63) is 35.2 Å². The lowest BCUT2D eigenvalue weighted by Gasteiger charge is -2.32. The quantitative estimate of drug-likeness (QED) is 0.763. The molecular formula is C20H22N6O. The van der Waals surface area contributed by atoms with Crippen molar-refractivity contribution < 1.29 is 4.52 Å². The third-order valence-electron chi connectivity index (χ3n) is 5.08. The zero-order valence-electron chi connectivity index (χ0n) is 15.6. The predicted molar refractivity (Wildman–Crippen MR) is 103 cm³/mol. The molecule has 2 N–H and O–H groups in total. The van der Waals surface area contributed by atoms with E-state index in [-0.39, 0.29) is 6.04 Å². The van der Waals surface area contributed by atoms with Gasteiger partial charge in [0.25, 0.3) is 5.89 Å². The monoisotopic (exact) mass is 362 g/mol. The van der Waals surface area contributed by atoms with Crippen molar-refractivity contribution in [2.75, 3.05) is 18.0 Å². The van der Waals surface area contributed by atoms with Gasteiger partial charge in [-0.15, -0.1) is 0 Å². The Hall–Kier alpha value is -2.98. The van der Waals surface area contributed by atoms with Gasteiger partial charge < -0.3 is 15.2 Å². The van der Waals surface area contributed by atoms with Crippen molar-refractivity contribution in [3.8, 4) is 17.5 Å². The van der Waals surface area contributed by atoms with E-state index in [1.165, 1.54) is 0 Å². The summed E-state index contributed by atoms with van der Waals surface area (Å²) in [6.07, 6.45) is 2.66. The van der Waals surface area contributed by atoms with Gasteiger partial charge in [-0.05, 0) is 49.9 Å². The molecule has 0 saturated carbocycles. The second kappa shape index (κ2) is 6.97. The third kappa shape index (κ3) is 3.24. The summed E-state index contributed by atoms with van der Waals surface area (Å²) in [7, 11) is 0. The maximum Gasteiger partial charge on any atom is 0.261 e. The van der Waals surface area contributed by atoms with Gasteiger partial charge in [-0.1, -0.05) is 12.1 Å². The van der Waals surface area contributed by atoms with Crippen LogP contribution in [0.1, 0.15) is 36.7 Å². The molecule has 1 aliphatic rings. The zero-order chi connectivity index (χ0) is 19.0. The van der Waals surface area contributed by atoms with Crippen LogP contribution in [-0.2, 0) is 6.42 Å². The van der Waals surface area contributed by atoms with E-state index in [2.05, 4.69) is 34.1 Å². The van der Waals surface area contributed by atoms with Crippen LogP contribution in [0.3, 0.4) is 0 Å². The van der Waals surface area contributed by atoms with Crippen LogP contribution < -0.4 is 10.6 Å². The number of rotatable bonds is 3. The fourth-order valence-corrected chi connectivity index (χ4v) is 3.55. The largest absolute Gasteiger partial charge is 0.356 e. The van der Waals surface area contributed by atoms with Crippen LogP contribution in [0.5, 0.6) is 0 Å². The molecule has 0 spiro atoms. The molecule has 1 saturated heterocycles. The molecule has 27 heavy (non-hydrogen) atoms. The number of nitrogens with zero attached hydrogens (tertiary/aromatic N) is 5. The first-order valence-corrected chi connectivity index (χ1v) is 9.28. The van der Waals surface area contributed by atoms with Crippen molar-refractivity contribution in [3.63, 3.8) is 0 Å². The number of nitriles is 1. The molecule has 3 heterocycles. The van der Waals surface area contributed by atoms with Gasteiger partial charge in [-0.2, -0.15) is 10.2 Å². The zero-order valence-corrected chi connectivity index (χ0v) is 15.6. The molecule has 4 rings (SSSR count). The number of piperidine rings is 1. The van der Waals surface area contributed by atoms with E-state index >= 15 is 0 Å². The lowest BCUT2D eigenvalue weighted by atomic mass is 10.0. The minimum absolute atomic E-state index is 0.220. The van der Waals surface area contributed by atoms with E-state index in [0.717, 1.165) is 54.7 Å². The SMILES string of the molecule is CCc1cc(C#N)c2nc(N3CCC(N)CC3)c(-c3nc(C)no3)cc2c1. The molecule has 7 heteroatoms. The molecule has 0 aliphatic carbocycles. The molecule has 3 aromatic rings.